The van der Waals surface area contributed by atoms with Crippen LogP contribution >= 0.6 is 46.6 Å². The van der Waals surface area contributed by atoms with Gasteiger partial charge in [0.05, 0.1) is 12.7 Å². The van der Waals surface area contributed by atoms with Crippen LogP contribution in [-0.2, 0) is 17.2 Å². The lowest BCUT2D eigenvalue weighted by molar-refractivity contribution is -0.113. The number of aromatic nitrogens is 3. The van der Waals surface area contributed by atoms with Gasteiger partial charge in [-0.25, -0.2) is 4.68 Å². The number of nitrogens with one attached hydrogen (secondary N) is 2. The molecule has 1 unspecified atom stereocenters. The Morgan fingerprint density at radius 3 is 2.49 bits per heavy atom. The Labute approximate surface area is 292 Å². The lowest BCUT2D eigenvalue weighted by Crippen LogP contribution is -2.31. The maximum atomic E-state index is 14.0. The highest BCUT2D eigenvalue weighted by Gasteiger charge is 2.35. The Bertz CT molecular complexity index is 2000. The summed E-state index contributed by atoms with van der Waals surface area (Å²) in [5.74, 6) is 1.82. The van der Waals surface area contributed by atoms with E-state index in [0.29, 0.717) is 54.7 Å². The lowest BCUT2D eigenvalue weighted by atomic mass is 9.94. The molecule has 2 heterocycles. The molecule has 5 aromatic rings. The number of ether oxygens (including phenoxy) is 2. The van der Waals surface area contributed by atoms with Crippen LogP contribution in [0.15, 0.2) is 101 Å². The van der Waals surface area contributed by atoms with Crippen molar-refractivity contribution in [1.29, 1.82) is 0 Å². The fraction of sp³-hybridized carbons (Fsp3) is 0.171. The van der Waals surface area contributed by atoms with Crippen LogP contribution in [0.2, 0.25) is 15.1 Å². The van der Waals surface area contributed by atoms with Crippen molar-refractivity contribution in [2.75, 3.05) is 17.7 Å². The number of para-hydroxylation sites is 1. The van der Waals surface area contributed by atoms with E-state index in [2.05, 4.69) is 10.6 Å². The number of halogens is 3. The fourth-order valence-corrected chi connectivity index (χ4v) is 6.80. The van der Waals surface area contributed by atoms with Gasteiger partial charge in [-0.05, 0) is 66.9 Å². The number of allylic oxidation sites excluding steroid dienone is 1. The molecule has 0 saturated heterocycles. The number of anilines is 2. The van der Waals surface area contributed by atoms with Gasteiger partial charge < -0.3 is 20.1 Å². The largest absolute Gasteiger partial charge is 0.493 e. The maximum Gasteiger partial charge on any atom is 0.255 e. The van der Waals surface area contributed by atoms with E-state index in [-0.39, 0.29) is 12.5 Å². The molecule has 0 radical (unpaired) electrons. The molecule has 240 valence electrons. The van der Waals surface area contributed by atoms with Gasteiger partial charge in [-0.3, -0.25) is 4.79 Å². The van der Waals surface area contributed by atoms with Crippen molar-refractivity contribution in [3.05, 3.63) is 134 Å². The monoisotopic (exact) mass is 705 g/mol. The predicted octanol–water partition coefficient (Wildman–Crippen LogP) is 9.35. The summed E-state index contributed by atoms with van der Waals surface area (Å²) in [5.41, 5.74) is 5.32. The van der Waals surface area contributed by atoms with E-state index >= 15 is 0 Å². The standard InChI is InChI=1S/C35H30Cl3N5O3S/c1-20-8-4-7-11-28(20)40-33(44)31-21(2)39-34-41-35(47-19-24-9-5-6-10-26(24)37)42-43(34)32(31)22-13-15-29(30(16-22)45-3)46-18-23-12-14-25(36)17-27(23)38/h4-17,32H,18-19H2,1-3H3,(H,40,44)(H,39,41,42). The van der Waals surface area contributed by atoms with Crippen molar-refractivity contribution < 1.29 is 14.3 Å². The summed E-state index contributed by atoms with van der Waals surface area (Å²) in [7, 11) is 1.57. The topological polar surface area (TPSA) is 90.3 Å². The van der Waals surface area contributed by atoms with Crippen molar-refractivity contribution in [2.24, 2.45) is 0 Å². The molecule has 1 aliphatic rings. The van der Waals surface area contributed by atoms with Crippen LogP contribution in [0.4, 0.5) is 11.6 Å². The van der Waals surface area contributed by atoms with Gasteiger partial charge in [0, 0.05) is 37.8 Å². The summed E-state index contributed by atoms with van der Waals surface area (Å²) in [6, 6.07) is 25.5. The third-order valence-corrected chi connectivity index (χ3v) is 9.53. The number of benzene rings is 4. The van der Waals surface area contributed by atoms with Gasteiger partial charge in [0.25, 0.3) is 5.91 Å². The lowest BCUT2D eigenvalue weighted by Gasteiger charge is -2.29. The number of rotatable bonds is 10. The highest BCUT2D eigenvalue weighted by Crippen LogP contribution is 2.40. The number of aryl methyl sites for hydroxylation is 1. The SMILES string of the molecule is COc1cc(C2C(C(=O)Nc3ccccc3C)=C(C)Nc3nc(SCc4ccccc4Cl)nn32)ccc1OCc1ccc(Cl)cc1Cl. The predicted molar refractivity (Wildman–Crippen MR) is 189 cm³/mol. The maximum absolute atomic E-state index is 14.0. The Kier molecular flexibility index (Phi) is 9.98. The van der Waals surface area contributed by atoms with Crippen LogP contribution in [0.1, 0.15) is 35.2 Å². The summed E-state index contributed by atoms with van der Waals surface area (Å²) in [5, 5.41) is 13.5. The molecule has 0 saturated carbocycles. The van der Waals surface area contributed by atoms with Gasteiger partial charge in [0.2, 0.25) is 11.1 Å². The summed E-state index contributed by atoms with van der Waals surface area (Å²) in [6.07, 6.45) is 0. The highest BCUT2D eigenvalue weighted by molar-refractivity contribution is 7.98. The van der Waals surface area contributed by atoms with Crippen LogP contribution in [0.3, 0.4) is 0 Å². The van der Waals surface area contributed by atoms with E-state index in [1.165, 1.54) is 11.8 Å². The first-order valence-corrected chi connectivity index (χ1v) is 16.8. The summed E-state index contributed by atoms with van der Waals surface area (Å²) >= 11 is 20.3. The second-order valence-electron chi connectivity index (χ2n) is 10.8. The molecule has 1 aliphatic heterocycles. The van der Waals surface area contributed by atoms with E-state index in [0.717, 1.165) is 27.9 Å². The molecular weight excluding hydrogens is 677 g/mol. The number of hydrogen-bond donors (Lipinski definition) is 2. The molecule has 0 aliphatic carbocycles. The quantitative estimate of drug-likeness (QED) is 0.140. The first kappa shape index (κ1) is 32.8. The molecule has 1 aromatic heterocycles. The van der Waals surface area contributed by atoms with E-state index in [1.807, 2.05) is 86.6 Å². The number of carbonyl (C=O) groups is 1. The first-order valence-electron chi connectivity index (χ1n) is 14.6. The summed E-state index contributed by atoms with van der Waals surface area (Å²) < 4.78 is 13.6. The smallest absolute Gasteiger partial charge is 0.255 e. The van der Waals surface area contributed by atoms with Crippen molar-refractivity contribution >= 4 is 64.1 Å². The average molecular weight is 707 g/mol. The van der Waals surface area contributed by atoms with Gasteiger partial charge in [-0.1, -0.05) is 95.1 Å². The first-order chi connectivity index (χ1) is 22.7. The van der Waals surface area contributed by atoms with E-state index in [9.17, 15) is 4.79 Å². The van der Waals surface area contributed by atoms with Crippen LogP contribution in [-0.4, -0.2) is 27.8 Å². The minimum atomic E-state index is -0.633. The van der Waals surface area contributed by atoms with Crippen molar-refractivity contribution in [3.8, 4) is 11.5 Å². The minimum absolute atomic E-state index is 0.210. The van der Waals surface area contributed by atoms with Crippen LogP contribution in [0.5, 0.6) is 11.5 Å². The van der Waals surface area contributed by atoms with Crippen molar-refractivity contribution in [3.63, 3.8) is 0 Å². The average Bonchev–Trinajstić information content (AvgIpc) is 3.46. The van der Waals surface area contributed by atoms with E-state index < -0.39 is 6.04 Å². The molecule has 0 fully saturated rings. The zero-order valence-corrected chi connectivity index (χ0v) is 28.8. The fourth-order valence-electron chi connectivity index (χ4n) is 5.22. The van der Waals surface area contributed by atoms with Crippen LogP contribution in [0.25, 0.3) is 0 Å². The summed E-state index contributed by atoms with van der Waals surface area (Å²) in [4.78, 5) is 18.8. The Hall–Kier alpha value is -4.15. The minimum Gasteiger partial charge on any atom is -0.493 e. The number of fused-ring (bicyclic) bond motifs is 1. The number of amides is 1. The van der Waals surface area contributed by atoms with E-state index in [4.69, 9.17) is 54.4 Å². The zero-order valence-electron chi connectivity index (χ0n) is 25.7. The Morgan fingerprint density at radius 2 is 1.72 bits per heavy atom. The zero-order chi connectivity index (χ0) is 33.1. The van der Waals surface area contributed by atoms with Crippen molar-refractivity contribution in [2.45, 2.75) is 37.4 Å². The van der Waals surface area contributed by atoms with Crippen LogP contribution in [0, 0.1) is 6.92 Å². The number of methoxy groups -OCH3 is 1. The number of nitrogens with zero attached hydrogens (tertiary/aromatic N) is 3. The molecule has 0 bridgehead atoms. The van der Waals surface area contributed by atoms with Gasteiger partial charge in [0.1, 0.15) is 12.6 Å². The molecule has 0 spiro atoms. The number of thioether (sulfide) groups is 1. The second kappa shape index (κ2) is 14.3. The van der Waals surface area contributed by atoms with Gasteiger partial charge in [-0.15, -0.1) is 5.10 Å². The Morgan fingerprint density at radius 1 is 0.936 bits per heavy atom. The molecule has 12 heteroatoms. The Balaban J connectivity index is 1.35. The molecule has 6 rings (SSSR count). The van der Waals surface area contributed by atoms with Gasteiger partial charge in [-0.2, -0.15) is 4.98 Å². The van der Waals surface area contributed by atoms with Crippen molar-refractivity contribution in [1.82, 2.24) is 14.8 Å². The third-order valence-electron chi connectivity index (χ3n) is 7.69. The molecule has 47 heavy (non-hydrogen) atoms. The molecule has 8 nitrogen and oxygen atoms in total. The normalized spacial score (nSPS) is 14.0. The number of hydrogen-bond acceptors (Lipinski definition) is 7. The molecule has 4 aromatic carbocycles. The molecular formula is C35H30Cl3N5O3S. The second-order valence-corrected chi connectivity index (χ2v) is 13.0. The summed E-state index contributed by atoms with van der Waals surface area (Å²) in [6.45, 7) is 4.02. The number of carbonyl (C=O) groups excluding carboxylic acids is 1. The van der Waals surface area contributed by atoms with Gasteiger partial charge in [0.15, 0.2) is 11.5 Å². The highest BCUT2D eigenvalue weighted by atomic mass is 35.5. The van der Waals surface area contributed by atoms with Gasteiger partial charge >= 0.3 is 0 Å². The molecule has 1 atom stereocenters. The third kappa shape index (κ3) is 7.23. The molecule has 1 amide bonds. The van der Waals surface area contributed by atoms with Crippen LogP contribution < -0.4 is 20.1 Å². The van der Waals surface area contributed by atoms with E-state index in [1.54, 1.807) is 23.9 Å². The molecule has 2 N–H and O–H groups in total.